The maximum absolute atomic E-state index is 12.4. The molecule has 1 heterocycles. The predicted molar refractivity (Wildman–Crippen MR) is 96.4 cm³/mol. The molecule has 0 saturated carbocycles. The Balaban J connectivity index is 1.60. The van der Waals surface area contributed by atoms with E-state index in [0.29, 0.717) is 21.6 Å². The fraction of sp³-hybridized carbons (Fsp3) is 0.133. The summed E-state index contributed by atoms with van der Waals surface area (Å²) in [4.78, 5) is 12.0. The quantitative estimate of drug-likeness (QED) is 0.621. The summed E-state index contributed by atoms with van der Waals surface area (Å²) in [7, 11) is -3.74. The molecule has 3 aromatic rings. The molecule has 10 heteroatoms. The fourth-order valence-corrected chi connectivity index (χ4v) is 4.16. The number of rotatable bonds is 6. The van der Waals surface area contributed by atoms with Gasteiger partial charge in [0.25, 0.3) is 5.91 Å². The highest BCUT2D eigenvalue weighted by atomic mass is 35.5. The van der Waals surface area contributed by atoms with Gasteiger partial charge in [-0.3, -0.25) is 4.79 Å². The molecule has 0 radical (unpaired) electrons. The first-order valence-electron chi connectivity index (χ1n) is 7.22. The molecule has 130 valence electrons. The molecule has 2 N–H and O–H groups in total. The van der Waals surface area contributed by atoms with Crippen LogP contribution in [0.25, 0.3) is 11.0 Å². The summed E-state index contributed by atoms with van der Waals surface area (Å²) >= 11 is 6.79. The Morgan fingerprint density at radius 3 is 2.72 bits per heavy atom. The van der Waals surface area contributed by atoms with Crippen LogP contribution in [-0.4, -0.2) is 36.2 Å². The van der Waals surface area contributed by atoms with Crippen molar-refractivity contribution in [3.05, 3.63) is 53.1 Å². The van der Waals surface area contributed by atoms with Gasteiger partial charge >= 0.3 is 0 Å². The number of aromatic nitrogens is 2. The Kier molecular flexibility index (Phi) is 5.28. The third-order valence-electron chi connectivity index (χ3n) is 3.33. The number of carbonyl (C=O) groups excluding carboxylic acids is 1. The lowest BCUT2D eigenvalue weighted by Gasteiger charge is -2.08. The van der Waals surface area contributed by atoms with E-state index in [1.54, 1.807) is 30.3 Å². The zero-order valence-electron chi connectivity index (χ0n) is 12.8. The Morgan fingerprint density at radius 1 is 1.12 bits per heavy atom. The van der Waals surface area contributed by atoms with Crippen LogP contribution in [0.3, 0.4) is 0 Å². The Hall–Kier alpha value is -2.07. The SMILES string of the molecule is O=C(NCCNS(=O)(=O)c1cccc2nsnc12)c1cccc(Cl)c1. The zero-order valence-corrected chi connectivity index (χ0v) is 15.2. The number of hydrogen-bond acceptors (Lipinski definition) is 6. The molecular weight excluding hydrogens is 384 g/mol. The van der Waals surface area contributed by atoms with Crippen LogP contribution in [0, 0.1) is 0 Å². The highest BCUT2D eigenvalue weighted by molar-refractivity contribution is 7.89. The number of hydrogen-bond donors (Lipinski definition) is 2. The Bertz CT molecular complexity index is 1020. The summed E-state index contributed by atoms with van der Waals surface area (Å²) in [6.45, 7) is 0.179. The van der Waals surface area contributed by atoms with Crippen LogP contribution in [0.1, 0.15) is 10.4 Å². The van der Waals surface area contributed by atoms with Gasteiger partial charge in [0, 0.05) is 23.7 Å². The summed E-state index contributed by atoms with van der Waals surface area (Å²) in [5.41, 5.74) is 1.28. The van der Waals surface area contributed by atoms with Crippen molar-refractivity contribution in [1.82, 2.24) is 18.8 Å². The standard InChI is InChI=1S/C15H13ClN4O3S2/c16-11-4-1-3-10(9-11)15(21)17-7-8-18-25(22,23)13-6-2-5-12-14(13)20-24-19-12/h1-6,9,18H,7-8H2,(H,17,21). The summed E-state index contributed by atoms with van der Waals surface area (Å²) in [6, 6.07) is 11.3. The first-order chi connectivity index (χ1) is 12.0. The van der Waals surface area contributed by atoms with E-state index in [0.717, 1.165) is 11.7 Å². The number of halogens is 1. The monoisotopic (exact) mass is 396 g/mol. The van der Waals surface area contributed by atoms with Gasteiger partial charge < -0.3 is 5.32 Å². The van der Waals surface area contributed by atoms with Crippen molar-refractivity contribution < 1.29 is 13.2 Å². The maximum Gasteiger partial charge on any atom is 0.251 e. The van der Waals surface area contributed by atoms with Crippen LogP contribution < -0.4 is 10.0 Å². The number of nitrogens with zero attached hydrogens (tertiary/aromatic N) is 2. The molecule has 1 aromatic heterocycles. The summed E-state index contributed by atoms with van der Waals surface area (Å²) in [6.07, 6.45) is 0. The molecule has 2 aromatic carbocycles. The number of sulfonamides is 1. The van der Waals surface area contributed by atoms with Crippen LogP contribution in [0.5, 0.6) is 0 Å². The van der Waals surface area contributed by atoms with Crippen molar-refractivity contribution >= 4 is 50.3 Å². The molecule has 0 spiro atoms. The first kappa shape index (κ1) is 17.7. The number of carbonyl (C=O) groups is 1. The van der Waals surface area contributed by atoms with Crippen LogP contribution in [-0.2, 0) is 10.0 Å². The lowest BCUT2D eigenvalue weighted by Crippen LogP contribution is -2.34. The largest absolute Gasteiger partial charge is 0.351 e. The highest BCUT2D eigenvalue weighted by Crippen LogP contribution is 2.20. The Labute approximate surface area is 153 Å². The second-order valence-corrected chi connectivity index (χ2v) is 7.75. The molecule has 0 unspecified atom stereocenters. The van der Waals surface area contributed by atoms with Crippen molar-refractivity contribution in [1.29, 1.82) is 0 Å². The van der Waals surface area contributed by atoms with E-state index in [2.05, 4.69) is 18.8 Å². The average Bonchev–Trinajstić information content (AvgIpc) is 3.07. The smallest absolute Gasteiger partial charge is 0.251 e. The minimum atomic E-state index is -3.74. The van der Waals surface area contributed by atoms with E-state index < -0.39 is 10.0 Å². The van der Waals surface area contributed by atoms with Crippen LogP contribution in [0.4, 0.5) is 0 Å². The molecule has 1 amide bonds. The number of benzene rings is 2. The molecule has 0 aliphatic rings. The molecule has 25 heavy (non-hydrogen) atoms. The van der Waals surface area contributed by atoms with Crippen LogP contribution >= 0.6 is 23.3 Å². The van der Waals surface area contributed by atoms with Gasteiger partial charge in [-0.1, -0.05) is 23.7 Å². The van der Waals surface area contributed by atoms with Gasteiger partial charge in [0.1, 0.15) is 15.9 Å². The minimum Gasteiger partial charge on any atom is -0.351 e. The van der Waals surface area contributed by atoms with Gasteiger partial charge in [0.2, 0.25) is 10.0 Å². The molecule has 0 saturated heterocycles. The van der Waals surface area contributed by atoms with Crippen molar-refractivity contribution in [2.45, 2.75) is 4.90 Å². The lowest BCUT2D eigenvalue weighted by molar-refractivity contribution is 0.0954. The van der Waals surface area contributed by atoms with Gasteiger partial charge in [-0.15, -0.1) is 0 Å². The summed E-state index contributed by atoms with van der Waals surface area (Å²) in [5.74, 6) is -0.326. The molecule has 0 atom stereocenters. The number of nitrogens with one attached hydrogen (secondary N) is 2. The second kappa shape index (κ2) is 7.44. The number of fused-ring (bicyclic) bond motifs is 1. The van der Waals surface area contributed by atoms with E-state index >= 15 is 0 Å². The Morgan fingerprint density at radius 2 is 1.92 bits per heavy atom. The van der Waals surface area contributed by atoms with Gasteiger partial charge in [0.05, 0.1) is 11.7 Å². The molecule has 0 bridgehead atoms. The van der Waals surface area contributed by atoms with Crippen molar-refractivity contribution in [3.63, 3.8) is 0 Å². The number of amides is 1. The normalized spacial score (nSPS) is 11.6. The first-order valence-corrected chi connectivity index (χ1v) is 9.81. The van der Waals surface area contributed by atoms with E-state index in [1.807, 2.05) is 0 Å². The van der Waals surface area contributed by atoms with Gasteiger partial charge in [-0.25, -0.2) is 13.1 Å². The zero-order chi connectivity index (χ0) is 17.9. The molecule has 7 nitrogen and oxygen atoms in total. The topological polar surface area (TPSA) is 101 Å². The second-order valence-electron chi connectivity index (χ2n) is 5.05. The van der Waals surface area contributed by atoms with E-state index in [1.165, 1.54) is 12.1 Å². The van der Waals surface area contributed by atoms with Gasteiger partial charge in [0.15, 0.2) is 0 Å². The summed E-state index contributed by atoms with van der Waals surface area (Å²) < 4.78 is 35.3. The molecule has 3 rings (SSSR count). The predicted octanol–water partition coefficient (Wildman–Crippen LogP) is 2.05. The third-order valence-corrected chi connectivity index (χ3v) is 5.60. The summed E-state index contributed by atoms with van der Waals surface area (Å²) in [5, 5.41) is 3.09. The van der Waals surface area contributed by atoms with Gasteiger partial charge in [-0.2, -0.15) is 8.75 Å². The van der Waals surface area contributed by atoms with Crippen molar-refractivity contribution in [2.75, 3.05) is 13.1 Å². The van der Waals surface area contributed by atoms with Crippen LogP contribution in [0.15, 0.2) is 47.4 Å². The fourth-order valence-electron chi connectivity index (χ4n) is 2.17. The molecular formula is C15H13ClN4O3S2. The van der Waals surface area contributed by atoms with E-state index in [4.69, 9.17) is 11.6 Å². The van der Waals surface area contributed by atoms with E-state index in [9.17, 15) is 13.2 Å². The van der Waals surface area contributed by atoms with Crippen molar-refractivity contribution in [2.24, 2.45) is 0 Å². The van der Waals surface area contributed by atoms with Crippen molar-refractivity contribution in [3.8, 4) is 0 Å². The van der Waals surface area contributed by atoms with Crippen LogP contribution in [0.2, 0.25) is 5.02 Å². The average molecular weight is 397 g/mol. The molecule has 0 aliphatic heterocycles. The maximum atomic E-state index is 12.4. The third kappa shape index (κ3) is 4.13. The lowest BCUT2D eigenvalue weighted by atomic mass is 10.2. The van der Waals surface area contributed by atoms with E-state index in [-0.39, 0.29) is 23.9 Å². The molecule has 0 aliphatic carbocycles. The molecule has 0 fully saturated rings. The minimum absolute atomic E-state index is 0.0442. The van der Waals surface area contributed by atoms with Gasteiger partial charge in [-0.05, 0) is 30.3 Å². The highest BCUT2D eigenvalue weighted by Gasteiger charge is 2.19.